The van der Waals surface area contributed by atoms with Crippen LogP contribution in [0.5, 0.6) is 11.5 Å². The number of aliphatic hydroxyl groups is 1. The molecule has 1 fully saturated rings. The van der Waals surface area contributed by atoms with Crippen molar-refractivity contribution >= 4 is 23.1 Å². The fraction of sp³-hybridized carbons (Fsp3) is 0.259. The van der Waals surface area contributed by atoms with Crippen LogP contribution in [0.4, 0.5) is 5.69 Å². The average Bonchev–Trinajstić information content (AvgIpc) is 3.42. The van der Waals surface area contributed by atoms with Crippen LogP contribution >= 0.6 is 0 Å². The first-order valence-electron chi connectivity index (χ1n) is 11.2. The van der Waals surface area contributed by atoms with E-state index in [1.807, 2.05) is 27.7 Å². The van der Waals surface area contributed by atoms with Crippen LogP contribution in [0.15, 0.2) is 70.9 Å². The lowest BCUT2D eigenvalue weighted by atomic mass is 9.98. The molecule has 7 nitrogen and oxygen atoms in total. The number of furan rings is 1. The summed E-state index contributed by atoms with van der Waals surface area (Å²) in [5, 5.41) is 11.3. The highest BCUT2D eigenvalue weighted by atomic mass is 16.5. The van der Waals surface area contributed by atoms with E-state index in [0.717, 1.165) is 5.56 Å². The van der Waals surface area contributed by atoms with E-state index in [4.69, 9.17) is 13.9 Å². The van der Waals surface area contributed by atoms with Gasteiger partial charge in [0.25, 0.3) is 11.7 Å². The molecule has 2 aromatic carbocycles. The Morgan fingerprint density at radius 1 is 1.12 bits per heavy atom. The molecule has 0 saturated carbocycles. The number of hydrogen-bond donors (Lipinski definition) is 1. The summed E-state index contributed by atoms with van der Waals surface area (Å²) < 4.78 is 16.9. The maximum Gasteiger partial charge on any atom is 0.300 e. The maximum absolute atomic E-state index is 13.2. The Hall–Kier alpha value is -4.00. The van der Waals surface area contributed by atoms with E-state index in [1.54, 1.807) is 54.6 Å². The van der Waals surface area contributed by atoms with Gasteiger partial charge in [-0.2, -0.15) is 0 Å². The molecule has 3 aromatic rings. The quantitative estimate of drug-likeness (QED) is 0.288. The van der Waals surface area contributed by atoms with E-state index >= 15 is 0 Å². The van der Waals surface area contributed by atoms with Gasteiger partial charge in [0.15, 0.2) is 0 Å². The zero-order valence-corrected chi connectivity index (χ0v) is 19.6. The van der Waals surface area contributed by atoms with Crippen molar-refractivity contribution in [2.24, 2.45) is 0 Å². The van der Waals surface area contributed by atoms with Crippen LogP contribution in [0.3, 0.4) is 0 Å². The number of nitrogens with zero attached hydrogens (tertiary/aromatic N) is 1. The van der Waals surface area contributed by atoms with Gasteiger partial charge in [-0.1, -0.05) is 6.07 Å². The molecular weight excluding hydrogens is 434 g/mol. The molecule has 1 saturated heterocycles. The first-order valence-corrected chi connectivity index (χ1v) is 11.2. The van der Waals surface area contributed by atoms with Gasteiger partial charge in [0.05, 0.1) is 24.5 Å². The molecule has 1 amide bonds. The summed E-state index contributed by atoms with van der Waals surface area (Å²) in [6.07, 6.45) is 1.46. The third-order valence-electron chi connectivity index (χ3n) is 5.47. The van der Waals surface area contributed by atoms with Crippen LogP contribution in [0.25, 0.3) is 5.76 Å². The summed E-state index contributed by atoms with van der Waals surface area (Å²) in [6.45, 7) is 8.04. The predicted octanol–water partition coefficient (Wildman–Crippen LogP) is 5.40. The van der Waals surface area contributed by atoms with Crippen molar-refractivity contribution < 1.29 is 28.6 Å². The number of hydrogen-bond acceptors (Lipinski definition) is 6. The Labute approximate surface area is 198 Å². The summed E-state index contributed by atoms with van der Waals surface area (Å²) in [5.41, 5.74) is 1.63. The lowest BCUT2D eigenvalue weighted by molar-refractivity contribution is -0.132. The van der Waals surface area contributed by atoms with Gasteiger partial charge in [-0.05, 0) is 75.7 Å². The first kappa shape index (κ1) is 23.2. The average molecular weight is 462 g/mol. The third kappa shape index (κ3) is 4.29. The SMILES string of the molecule is CCOc1cccc(N2C(=O)C(=O)/C(=C(\O)c3ccc(OC(C)C)c(C)c3)C2c2ccco2)c1. The summed E-state index contributed by atoms with van der Waals surface area (Å²) in [6, 6.07) is 14.5. The van der Waals surface area contributed by atoms with Crippen LogP contribution in [-0.4, -0.2) is 29.5 Å². The summed E-state index contributed by atoms with van der Waals surface area (Å²) in [5.74, 6) is -0.214. The fourth-order valence-corrected chi connectivity index (χ4v) is 4.04. The second-order valence-corrected chi connectivity index (χ2v) is 8.26. The van der Waals surface area contributed by atoms with Crippen LogP contribution in [0.1, 0.15) is 43.7 Å². The van der Waals surface area contributed by atoms with Crippen LogP contribution in [0, 0.1) is 6.92 Å². The summed E-state index contributed by atoms with van der Waals surface area (Å²) >= 11 is 0. The molecule has 2 heterocycles. The van der Waals surface area contributed by atoms with Gasteiger partial charge < -0.3 is 19.0 Å². The Morgan fingerprint density at radius 2 is 1.91 bits per heavy atom. The molecule has 4 rings (SSSR count). The van der Waals surface area contributed by atoms with Gasteiger partial charge in [0, 0.05) is 17.3 Å². The van der Waals surface area contributed by atoms with Gasteiger partial charge >= 0.3 is 0 Å². The number of carbonyl (C=O) groups is 2. The monoisotopic (exact) mass is 461 g/mol. The Morgan fingerprint density at radius 3 is 2.56 bits per heavy atom. The number of carbonyl (C=O) groups excluding carboxylic acids is 2. The van der Waals surface area contributed by atoms with E-state index < -0.39 is 17.7 Å². The number of benzene rings is 2. The number of aryl methyl sites for hydroxylation is 1. The first-order chi connectivity index (χ1) is 16.3. The topological polar surface area (TPSA) is 89.2 Å². The molecule has 0 bridgehead atoms. The molecular formula is C27H27NO6. The highest BCUT2D eigenvalue weighted by Crippen LogP contribution is 2.43. The van der Waals surface area contributed by atoms with Gasteiger partial charge in [-0.25, -0.2) is 0 Å². The Kier molecular flexibility index (Phi) is 6.45. The second-order valence-electron chi connectivity index (χ2n) is 8.26. The second kappa shape index (κ2) is 9.47. The fourth-order valence-electron chi connectivity index (χ4n) is 4.04. The summed E-state index contributed by atoms with van der Waals surface area (Å²) in [4.78, 5) is 27.7. The zero-order valence-electron chi connectivity index (χ0n) is 19.6. The minimum absolute atomic E-state index is 0.00475. The largest absolute Gasteiger partial charge is 0.507 e. The van der Waals surface area contributed by atoms with Crippen molar-refractivity contribution in [3.8, 4) is 11.5 Å². The number of amides is 1. The molecule has 1 aliphatic rings. The predicted molar refractivity (Wildman–Crippen MR) is 128 cm³/mol. The molecule has 1 atom stereocenters. The minimum Gasteiger partial charge on any atom is -0.507 e. The van der Waals surface area contributed by atoms with Crippen molar-refractivity contribution in [3.63, 3.8) is 0 Å². The molecule has 7 heteroatoms. The zero-order chi connectivity index (χ0) is 24.4. The van der Waals surface area contributed by atoms with Gasteiger partial charge in [-0.3, -0.25) is 14.5 Å². The van der Waals surface area contributed by atoms with Crippen LogP contribution in [-0.2, 0) is 9.59 Å². The molecule has 1 aromatic heterocycles. The van der Waals surface area contributed by atoms with Crippen molar-refractivity contribution in [3.05, 3.63) is 83.3 Å². The van der Waals surface area contributed by atoms with Gasteiger partial charge in [0.2, 0.25) is 0 Å². The lowest BCUT2D eigenvalue weighted by Crippen LogP contribution is -2.29. The van der Waals surface area contributed by atoms with E-state index in [2.05, 4.69) is 0 Å². The van der Waals surface area contributed by atoms with Gasteiger partial charge in [-0.15, -0.1) is 0 Å². The molecule has 0 aliphatic carbocycles. The third-order valence-corrected chi connectivity index (χ3v) is 5.47. The van der Waals surface area contributed by atoms with Crippen molar-refractivity contribution in [1.82, 2.24) is 0 Å². The maximum atomic E-state index is 13.2. The van der Waals surface area contributed by atoms with E-state index in [1.165, 1.54) is 11.2 Å². The molecule has 1 unspecified atom stereocenters. The van der Waals surface area contributed by atoms with Crippen molar-refractivity contribution in [2.45, 2.75) is 39.8 Å². The van der Waals surface area contributed by atoms with Crippen LogP contribution < -0.4 is 14.4 Å². The number of Topliss-reactive ketones (excluding diaryl/α,β-unsaturated/α-hetero) is 1. The number of aliphatic hydroxyl groups excluding tert-OH is 1. The normalized spacial score (nSPS) is 17.4. The molecule has 0 spiro atoms. The highest BCUT2D eigenvalue weighted by molar-refractivity contribution is 6.51. The standard InChI is InChI=1S/C27H27NO6/c1-5-32-20-9-6-8-19(15-20)28-24(22-10-7-13-33-22)23(26(30)27(28)31)25(29)18-11-12-21(17(4)14-18)34-16(2)3/h6-16,24,29H,5H2,1-4H3/b25-23-. The Balaban J connectivity index is 1.84. The van der Waals surface area contributed by atoms with Crippen molar-refractivity contribution in [1.29, 1.82) is 0 Å². The number of anilines is 1. The number of ether oxygens (including phenoxy) is 2. The molecule has 0 radical (unpaired) electrons. The van der Waals surface area contributed by atoms with E-state index in [-0.39, 0.29) is 17.4 Å². The van der Waals surface area contributed by atoms with Gasteiger partial charge in [0.1, 0.15) is 29.1 Å². The molecule has 34 heavy (non-hydrogen) atoms. The minimum atomic E-state index is -0.932. The van der Waals surface area contributed by atoms with Crippen LogP contribution in [0.2, 0.25) is 0 Å². The van der Waals surface area contributed by atoms with Crippen molar-refractivity contribution in [2.75, 3.05) is 11.5 Å². The molecule has 1 aliphatic heterocycles. The molecule has 1 N–H and O–H groups in total. The Bertz CT molecular complexity index is 1240. The number of ketones is 1. The summed E-state index contributed by atoms with van der Waals surface area (Å²) in [7, 11) is 0. The molecule has 176 valence electrons. The smallest absolute Gasteiger partial charge is 0.300 e. The van der Waals surface area contributed by atoms with E-state index in [0.29, 0.717) is 35.1 Å². The number of rotatable bonds is 7. The highest BCUT2D eigenvalue weighted by Gasteiger charge is 2.48. The van der Waals surface area contributed by atoms with E-state index in [9.17, 15) is 14.7 Å². The lowest BCUT2D eigenvalue weighted by Gasteiger charge is -2.24.